The first-order valence-corrected chi connectivity index (χ1v) is 6.35. The Hall–Kier alpha value is -1.91. The summed E-state index contributed by atoms with van der Waals surface area (Å²) in [5.74, 6) is -0.613. The van der Waals surface area contributed by atoms with E-state index in [1.165, 1.54) is 36.1 Å². The van der Waals surface area contributed by atoms with Crippen LogP contribution in [0.3, 0.4) is 0 Å². The van der Waals surface area contributed by atoms with Crippen molar-refractivity contribution in [1.82, 2.24) is 5.32 Å². The van der Waals surface area contributed by atoms with Gasteiger partial charge in [-0.2, -0.15) is 0 Å². The second-order valence-corrected chi connectivity index (χ2v) is 4.25. The van der Waals surface area contributed by atoms with E-state index in [-0.39, 0.29) is 30.6 Å². The molecule has 0 unspecified atom stereocenters. The van der Waals surface area contributed by atoms with Crippen LogP contribution in [0.1, 0.15) is 26.7 Å². The summed E-state index contributed by atoms with van der Waals surface area (Å²) in [5.41, 5.74) is 0.595. The fraction of sp³-hybridized carbons (Fsp3) is 0.429. The molecule has 0 saturated heterocycles. The smallest absolute Gasteiger partial charge is 0.223 e. The largest absolute Gasteiger partial charge is 0.356 e. The summed E-state index contributed by atoms with van der Waals surface area (Å²) in [7, 11) is 0. The Bertz CT molecular complexity index is 432. The Morgan fingerprint density at radius 1 is 1.26 bits per heavy atom. The molecule has 0 saturated carbocycles. The van der Waals surface area contributed by atoms with Crippen LogP contribution in [0.2, 0.25) is 0 Å². The second kappa shape index (κ2) is 7.51. The predicted octanol–water partition coefficient (Wildman–Crippen LogP) is 2.09. The van der Waals surface area contributed by atoms with Crippen molar-refractivity contribution in [2.45, 2.75) is 26.7 Å². The summed E-state index contributed by atoms with van der Waals surface area (Å²) < 4.78 is 12.8. The van der Waals surface area contributed by atoms with Crippen LogP contribution in [0.25, 0.3) is 0 Å². The molecule has 4 nitrogen and oxygen atoms in total. The maximum Gasteiger partial charge on any atom is 0.223 e. The fourth-order valence-corrected chi connectivity index (χ4v) is 1.66. The van der Waals surface area contributed by atoms with E-state index in [0.717, 1.165) is 6.42 Å². The van der Waals surface area contributed by atoms with Crippen molar-refractivity contribution in [2.24, 2.45) is 0 Å². The number of halogens is 1. The van der Waals surface area contributed by atoms with E-state index < -0.39 is 0 Å². The van der Waals surface area contributed by atoms with E-state index in [4.69, 9.17) is 0 Å². The van der Waals surface area contributed by atoms with E-state index in [1.807, 2.05) is 6.92 Å². The lowest BCUT2D eigenvalue weighted by molar-refractivity contribution is -0.121. The fourth-order valence-electron chi connectivity index (χ4n) is 1.66. The molecule has 0 radical (unpaired) electrons. The normalized spacial score (nSPS) is 10.1. The summed E-state index contributed by atoms with van der Waals surface area (Å²) in [6, 6.07) is 5.65. The summed E-state index contributed by atoms with van der Waals surface area (Å²) in [5, 5.41) is 2.75. The molecule has 0 aromatic heterocycles. The first-order valence-electron chi connectivity index (χ1n) is 6.35. The van der Waals surface area contributed by atoms with Gasteiger partial charge in [-0.25, -0.2) is 4.39 Å². The molecule has 104 valence electrons. The maximum atomic E-state index is 12.8. The minimum absolute atomic E-state index is 0.0878. The number of amides is 2. The van der Waals surface area contributed by atoms with E-state index in [1.54, 1.807) is 0 Å². The highest BCUT2D eigenvalue weighted by Gasteiger charge is 2.13. The zero-order valence-electron chi connectivity index (χ0n) is 11.3. The van der Waals surface area contributed by atoms with Crippen molar-refractivity contribution in [1.29, 1.82) is 0 Å². The summed E-state index contributed by atoms with van der Waals surface area (Å²) >= 11 is 0. The number of nitrogens with zero attached hydrogens (tertiary/aromatic N) is 1. The zero-order chi connectivity index (χ0) is 14.3. The zero-order valence-corrected chi connectivity index (χ0v) is 11.3. The lowest BCUT2D eigenvalue weighted by Crippen LogP contribution is -2.34. The molecule has 1 aromatic carbocycles. The second-order valence-electron chi connectivity index (χ2n) is 4.25. The van der Waals surface area contributed by atoms with Gasteiger partial charge in [0.2, 0.25) is 11.8 Å². The van der Waals surface area contributed by atoms with E-state index >= 15 is 0 Å². The van der Waals surface area contributed by atoms with Gasteiger partial charge in [-0.1, -0.05) is 6.92 Å². The Morgan fingerprint density at radius 2 is 1.89 bits per heavy atom. The number of nitrogens with one attached hydrogen (secondary N) is 1. The lowest BCUT2D eigenvalue weighted by atomic mass is 10.2. The van der Waals surface area contributed by atoms with Crippen LogP contribution in [0.4, 0.5) is 10.1 Å². The Morgan fingerprint density at radius 3 is 2.42 bits per heavy atom. The highest BCUT2D eigenvalue weighted by molar-refractivity contribution is 5.92. The molecule has 0 spiro atoms. The van der Waals surface area contributed by atoms with E-state index in [2.05, 4.69) is 5.32 Å². The van der Waals surface area contributed by atoms with E-state index in [0.29, 0.717) is 12.2 Å². The molecule has 0 heterocycles. The highest BCUT2D eigenvalue weighted by Crippen LogP contribution is 2.15. The van der Waals surface area contributed by atoms with Crippen LogP contribution in [0, 0.1) is 5.82 Å². The molecule has 0 fully saturated rings. The van der Waals surface area contributed by atoms with Crippen molar-refractivity contribution in [3.05, 3.63) is 30.1 Å². The minimum Gasteiger partial charge on any atom is -0.356 e. The average molecular weight is 266 g/mol. The van der Waals surface area contributed by atoms with Gasteiger partial charge < -0.3 is 10.2 Å². The van der Waals surface area contributed by atoms with Crippen LogP contribution in [-0.4, -0.2) is 24.9 Å². The third-order valence-electron chi connectivity index (χ3n) is 2.65. The molecule has 0 aliphatic carbocycles. The van der Waals surface area contributed by atoms with Gasteiger partial charge in [0.1, 0.15) is 5.82 Å². The molecule has 0 aliphatic rings. The Labute approximate surface area is 112 Å². The molecule has 1 aromatic rings. The van der Waals surface area contributed by atoms with Crippen molar-refractivity contribution < 1.29 is 14.0 Å². The minimum atomic E-state index is -0.354. The predicted molar refractivity (Wildman–Crippen MR) is 72.3 cm³/mol. The van der Waals surface area contributed by atoms with Crippen molar-refractivity contribution in [3.8, 4) is 0 Å². The molecule has 19 heavy (non-hydrogen) atoms. The molecule has 0 aliphatic heterocycles. The summed E-state index contributed by atoms with van der Waals surface area (Å²) in [4.78, 5) is 24.5. The SMILES string of the molecule is CCCNC(=O)CCN(C(C)=O)c1ccc(F)cc1. The third kappa shape index (κ3) is 5.07. The number of benzene rings is 1. The molecule has 5 heteroatoms. The van der Waals surface area contributed by atoms with Crippen molar-refractivity contribution in [3.63, 3.8) is 0 Å². The third-order valence-corrected chi connectivity index (χ3v) is 2.65. The van der Waals surface area contributed by atoms with Crippen molar-refractivity contribution >= 4 is 17.5 Å². The van der Waals surface area contributed by atoms with Crippen LogP contribution < -0.4 is 10.2 Å². The van der Waals surface area contributed by atoms with Gasteiger partial charge in [-0.3, -0.25) is 9.59 Å². The number of rotatable bonds is 6. The van der Waals surface area contributed by atoms with Gasteiger partial charge in [0.15, 0.2) is 0 Å². The highest BCUT2D eigenvalue weighted by atomic mass is 19.1. The standard InChI is InChI=1S/C14H19FN2O2/c1-3-9-16-14(19)8-10-17(11(2)18)13-6-4-12(15)5-7-13/h4-7H,3,8-10H2,1-2H3,(H,16,19). The van der Waals surface area contributed by atoms with Crippen LogP contribution in [0.5, 0.6) is 0 Å². The monoisotopic (exact) mass is 266 g/mol. The number of carbonyl (C=O) groups excluding carboxylic acids is 2. The maximum absolute atomic E-state index is 12.8. The summed E-state index contributed by atoms with van der Waals surface area (Å²) in [6.45, 7) is 4.32. The Balaban J connectivity index is 2.61. The van der Waals surface area contributed by atoms with Gasteiger partial charge in [0.05, 0.1) is 0 Å². The topological polar surface area (TPSA) is 49.4 Å². The van der Waals surface area contributed by atoms with E-state index in [9.17, 15) is 14.0 Å². The molecule has 0 bridgehead atoms. The van der Waals surface area contributed by atoms with Gasteiger partial charge in [0.25, 0.3) is 0 Å². The molecular weight excluding hydrogens is 247 g/mol. The van der Waals surface area contributed by atoms with Crippen molar-refractivity contribution in [2.75, 3.05) is 18.0 Å². The van der Waals surface area contributed by atoms with Gasteiger partial charge in [-0.15, -0.1) is 0 Å². The molecular formula is C14H19FN2O2. The molecule has 1 N–H and O–H groups in total. The Kier molecular flexibility index (Phi) is 5.99. The quantitative estimate of drug-likeness (QED) is 0.857. The first kappa shape index (κ1) is 15.1. The average Bonchev–Trinajstić information content (AvgIpc) is 2.38. The summed E-state index contributed by atoms with van der Waals surface area (Å²) in [6.07, 6.45) is 1.11. The van der Waals surface area contributed by atoms with Crippen LogP contribution in [-0.2, 0) is 9.59 Å². The first-order chi connectivity index (χ1) is 9.04. The molecule has 1 rings (SSSR count). The van der Waals surface area contributed by atoms with Gasteiger partial charge >= 0.3 is 0 Å². The number of hydrogen-bond donors (Lipinski definition) is 1. The van der Waals surface area contributed by atoms with Gasteiger partial charge in [-0.05, 0) is 30.7 Å². The van der Waals surface area contributed by atoms with Crippen LogP contribution in [0.15, 0.2) is 24.3 Å². The number of anilines is 1. The molecule has 2 amide bonds. The van der Waals surface area contributed by atoms with Crippen LogP contribution >= 0.6 is 0 Å². The number of carbonyl (C=O) groups is 2. The molecule has 0 atom stereocenters. The number of hydrogen-bond acceptors (Lipinski definition) is 2. The lowest BCUT2D eigenvalue weighted by Gasteiger charge is -2.20. The van der Waals surface area contributed by atoms with Gasteiger partial charge in [0, 0.05) is 32.1 Å².